The number of nitrogens with zero attached hydrogens (tertiary/aromatic N) is 2. The van der Waals surface area contributed by atoms with Gasteiger partial charge in [0.05, 0.1) is 16.8 Å². The number of hydrogen-bond acceptors (Lipinski definition) is 5. The topological polar surface area (TPSA) is 67.5 Å². The second-order valence-electron chi connectivity index (χ2n) is 3.95. The molecule has 0 spiro atoms. The van der Waals surface area contributed by atoms with E-state index in [1.165, 1.54) is 17.0 Å². The summed E-state index contributed by atoms with van der Waals surface area (Å²) in [6, 6.07) is 8.14. The van der Waals surface area contributed by atoms with E-state index in [-0.39, 0.29) is 5.69 Å². The van der Waals surface area contributed by atoms with Crippen LogP contribution in [0.15, 0.2) is 39.9 Å². The Morgan fingerprint density at radius 1 is 1.45 bits per heavy atom. The minimum atomic E-state index is -0.428. The smallest absolute Gasteiger partial charge is 0.269 e. The minimum absolute atomic E-state index is 0.0642. The third-order valence-corrected chi connectivity index (χ3v) is 4.75. The van der Waals surface area contributed by atoms with Gasteiger partial charge in [-0.05, 0) is 40.5 Å². The fraction of sp³-hybridized carbons (Fsp3) is 0.154. The van der Waals surface area contributed by atoms with Crippen LogP contribution in [-0.4, -0.2) is 11.1 Å². The highest BCUT2D eigenvalue weighted by atomic mass is 79.9. The molecule has 0 fully saturated rings. The predicted octanol–water partition coefficient (Wildman–Crippen LogP) is 4.43. The molecule has 1 aromatic carbocycles. The molecule has 2 rings (SSSR count). The van der Waals surface area contributed by atoms with Crippen molar-refractivity contribution in [3.05, 3.63) is 54.7 Å². The van der Waals surface area contributed by atoms with Crippen molar-refractivity contribution in [2.75, 3.05) is 5.43 Å². The molecule has 0 amide bonds. The molecular weight excluding hydrogens is 342 g/mol. The second-order valence-corrected chi connectivity index (χ2v) is 5.97. The van der Waals surface area contributed by atoms with Gasteiger partial charge in [-0.15, -0.1) is 11.3 Å². The molecule has 7 heteroatoms. The first-order valence-corrected chi connectivity index (χ1v) is 7.53. The van der Waals surface area contributed by atoms with Gasteiger partial charge in [0.15, 0.2) is 0 Å². The van der Waals surface area contributed by atoms with Crippen LogP contribution in [0, 0.1) is 10.1 Å². The molecule has 0 saturated carbocycles. The number of anilines is 1. The molecule has 20 heavy (non-hydrogen) atoms. The predicted molar refractivity (Wildman–Crippen MR) is 85.7 cm³/mol. The third-order valence-electron chi connectivity index (χ3n) is 2.56. The Morgan fingerprint density at radius 3 is 2.70 bits per heavy atom. The third kappa shape index (κ3) is 3.64. The van der Waals surface area contributed by atoms with Gasteiger partial charge in [-0.25, -0.2) is 0 Å². The Hall–Kier alpha value is -1.73. The zero-order chi connectivity index (χ0) is 14.5. The summed E-state index contributed by atoms with van der Waals surface area (Å²) in [5, 5.41) is 14.6. The van der Waals surface area contributed by atoms with Crippen molar-refractivity contribution in [3.63, 3.8) is 0 Å². The molecule has 104 valence electrons. The molecule has 0 radical (unpaired) electrons. The first kappa shape index (κ1) is 14.7. The van der Waals surface area contributed by atoms with E-state index in [1.54, 1.807) is 29.7 Å². The highest BCUT2D eigenvalue weighted by molar-refractivity contribution is 9.10. The second kappa shape index (κ2) is 6.62. The van der Waals surface area contributed by atoms with Crippen molar-refractivity contribution in [2.45, 2.75) is 13.3 Å². The normalized spacial score (nSPS) is 10.9. The molecular formula is C13H12BrN3O2S. The fourth-order valence-corrected chi connectivity index (χ4v) is 3.35. The average molecular weight is 354 g/mol. The van der Waals surface area contributed by atoms with Crippen molar-refractivity contribution in [1.29, 1.82) is 0 Å². The van der Waals surface area contributed by atoms with Crippen molar-refractivity contribution in [1.82, 2.24) is 0 Å². The van der Waals surface area contributed by atoms with Crippen LogP contribution in [0.2, 0.25) is 0 Å². The van der Waals surface area contributed by atoms with Crippen molar-refractivity contribution >= 4 is 44.9 Å². The van der Waals surface area contributed by atoms with E-state index in [9.17, 15) is 10.1 Å². The first-order valence-electron chi connectivity index (χ1n) is 5.92. The Labute approximate surface area is 128 Å². The van der Waals surface area contributed by atoms with E-state index in [0.717, 1.165) is 15.8 Å². The molecule has 0 aliphatic rings. The van der Waals surface area contributed by atoms with Gasteiger partial charge in [-0.3, -0.25) is 15.5 Å². The Bertz CT molecular complexity index is 638. The van der Waals surface area contributed by atoms with Crippen LogP contribution in [0.1, 0.15) is 16.7 Å². The van der Waals surface area contributed by atoms with Crippen molar-refractivity contribution in [3.8, 4) is 0 Å². The standard InChI is InChI=1S/C13H12BrN3O2S/c1-2-13-12(14)7-11(20-13)8-15-16-9-3-5-10(6-4-9)17(18)19/h3-8,16H,2H2,1H3/b15-8+. The maximum atomic E-state index is 10.5. The largest absolute Gasteiger partial charge is 0.278 e. The van der Waals surface area contributed by atoms with E-state index in [4.69, 9.17) is 0 Å². The number of nitro groups is 1. The number of nitrogens with one attached hydrogen (secondary N) is 1. The number of nitro benzene ring substituents is 1. The summed E-state index contributed by atoms with van der Waals surface area (Å²) in [4.78, 5) is 12.4. The molecule has 5 nitrogen and oxygen atoms in total. The molecule has 0 unspecified atom stereocenters. The number of rotatable bonds is 5. The minimum Gasteiger partial charge on any atom is -0.278 e. The summed E-state index contributed by atoms with van der Waals surface area (Å²) in [6.45, 7) is 2.10. The monoisotopic (exact) mass is 353 g/mol. The van der Waals surface area contributed by atoms with E-state index in [0.29, 0.717) is 5.69 Å². The Morgan fingerprint density at radius 2 is 2.15 bits per heavy atom. The molecule has 1 aromatic heterocycles. The number of hydrazone groups is 1. The van der Waals surface area contributed by atoms with Crippen LogP contribution in [0.25, 0.3) is 0 Å². The zero-order valence-electron chi connectivity index (χ0n) is 10.7. The number of aryl methyl sites for hydroxylation is 1. The summed E-state index contributed by atoms with van der Waals surface area (Å²) in [6.07, 6.45) is 2.71. The number of halogens is 1. The summed E-state index contributed by atoms with van der Waals surface area (Å²) in [5.74, 6) is 0. The number of benzene rings is 1. The van der Waals surface area contributed by atoms with Gasteiger partial charge in [0.1, 0.15) is 0 Å². The Kier molecular flexibility index (Phi) is 4.86. The number of non-ortho nitro benzene ring substituents is 1. The van der Waals surface area contributed by atoms with Crippen LogP contribution < -0.4 is 5.43 Å². The van der Waals surface area contributed by atoms with Crippen LogP contribution in [0.5, 0.6) is 0 Å². The lowest BCUT2D eigenvalue weighted by Crippen LogP contribution is -1.91. The Balaban J connectivity index is 2.00. The summed E-state index contributed by atoms with van der Waals surface area (Å²) >= 11 is 5.18. The molecule has 0 atom stereocenters. The SMILES string of the molecule is CCc1sc(/C=N/Nc2ccc([N+](=O)[O-])cc2)cc1Br. The van der Waals surface area contributed by atoms with Crippen LogP contribution in [-0.2, 0) is 6.42 Å². The highest BCUT2D eigenvalue weighted by Crippen LogP contribution is 2.26. The van der Waals surface area contributed by atoms with Crippen molar-refractivity contribution in [2.24, 2.45) is 5.10 Å². The lowest BCUT2D eigenvalue weighted by molar-refractivity contribution is -0.384. The highest BCUT2D eigenvalue weighted by Gasteiger charge is 2.04. The first-order chi connectivity index (χ1) is 9.60. The van der Waals surface area contributed by atoms with Gasteiger partial charge in [0, 0.05) is 26.4 Å². The summed E-state index contributed by atoms with van der Waals surface area (Å²) in [7, 11) is 0. The van der Waals surface area contributed by atoms with Crippen LogP contribution >= 0.6 is 27.3 Å². The number of thiophene rings is 1. The molecule has 0 bridgehead atoms. The van der Waals surface area contributed by atoms with E-state index in [1.807, 2.05) is 6.07 Å². The van der Waals surface area contributed by atoms with Gasteiger partial charge >= 0.3 is 0 Å². The zero-order valence-corrected chi connectivity index (χ0v) is 13.1. The number of hydrogen-bond donors (Lipinski definition) is 1. The average Bonchev–Trinajstić information content (AvgIpc) is 2.79. The summed E-state index contributed by atoms with van der Waals surface area (Å²) < 4.78 is 1.10. The van der Waals surface area contributed by atoms with Crippen molar-refractivity contribution < 1.29 is 4.92 Å². The van der Waals surface area contributed by atoms with Gasteiger partial charge in [-0.2, -0.15) is 5.10 Å². The molecule has 0 aliphatic heterocycles. The maximum Gasteiger partial charge on any atom is 0.269 e. The van der Waals surface area contributed by atoms with Gasteiger partial charge < -0.3 is 0 Å². The van der Waals surface area contributed by atoms with Gasteiger partial charge in [0.2, 0.25) is 0 Å². The molecule has 2 aromatic rings. The van der Waals surface area contributed by atoms with Gasteiger partial charge in [0.25, 0.3) is 5.69 Å². The lowest BCUT2D eigenvalue weighted by atomic mass is 10.3. The lowest BCUT2D eigenvalue weighted by Gasteiger charge is -1.98. The fourth-order valence-electron chi connectivity index (χ4n) is 1.56. The maximum absolute atomic E-state index is 10.5. The van der Waals surface area contributed by atoms with Crippen LogP contribution in [0.4, 0.5) is 11.4 Å². The molecule has 1 N–H and O–H groups in total. The van der Waals surface area contributed by atoms with Crippen LogP contribution in [0.3, 0.4) is 0 Å². The quantitative estimate of drug-likeness (QED) is 0.491. The van der Waals surface area contributed by atoms with Gasteiger partial charge in [-0.1, -0.05) is 6.92 Å². The van der Waals surface area contributed by atoms with E-state index in [2.05, 4.69) is 33.4 Å². The van der Waals surface area contributed by atoms with E-state index < -0.39 is 4.92 Å². The molecule has 0 aliphatic carbocycles. The van der Waals surface area contributed by atoms with E-state index >= 15 is 0 Å². The molecule has 1 heterocycles. The molecule has 0 saturated heterocycles. The summed E-state index contributed by atoms with van der Waals surface area (Å²) in [5.41, 5.74) is 3.62.